The Labute approximate surface area is 149 Å². The molecule has 0 aliphatic heterocycles. The SMILES string of the molecule is C=CCNC(=NC)NCc1ccc(OC2CCCC2)nc1.I. The first kappa shape index (κ1) is 18.7. The maximum absolute atomic E-state index is 5.85. The maximum atomic E-state index is 5.85. The maximum Gasteiger partial charge on any atom is 0.213 e. The van der Waals surface area contributed by atoms with E-state index in [2.05, 4.69) is 27.2 Å². The molecule has 22 heavy (non-hydrogen) atoms. The van der Waals surface area contributed by atoms with Crippen LogP contribution in [0.4, 0.5) is 0 Å². The van der Waals surface area contributed by atoms with Gasteiger partial charge in [-0.05, 0) is 31.2 Å². The summed E-state index contributed by atoms with van der Waals surface area (Å²) in [6.45, 7) is 5.03. The van der Waals surface area contributed by atoms with Crippen molar-refractivity contribution in [3.05, 3.63) is 36.5 Å². The minimum atomic E-state index is 0. The lowest BCUT2D eigenvalue weighted by molar-refractivity contribution is 0.201. The molecule has 1 fully saturated rings. The fourth-order valence-corrected chi connectivity index (χ4v) is 2.34. The van der Waals surface area contributed by atoms with Crippen LogP contribution in [-0.4, -0.2) is 30.6 Å². The third-order valence-corrected chi connectivity index (χ3v) is 3.48. The summed E-state index contributed by atoms with van der Waals surface area (Å²) >= 11 is 0. The van der Waals surface area contributed by atoms with E-state index in [1.807, 2.05) is 18.3 Å². The molecule has 1 aromatic rings. The Morgan fingerprint density at radius 1 is 1.41 bits per heavy atom. The summed E-state index contributed by atoms with van der Waals surface area (Å²) in [5, 5.41) is 6.35. The van der Waals surface area contributed by atoms with Gasteiger partial charge in [-0.1, -0.05) is 12.1 Å². The number of pyridine rings is 1. The molecule has 1 aliphatic carbocycles. The minimum Gasteiger partial charge on any atom is -0.474 e. The fourth-order valence-electron chi connectivity index (χ4n) is 2.34. The molecule has 0 spiro atoms. The minimum absolute atomic E-state index is 0. The second-order valence-corrected chi connectivity index (χ2v) is 5.12. The first-order valence-electron chi connectivity index (χ1n) is 7.49. The van der Waals surface area contributed by atoms with Crippen LogP contribution in [0.3, 0.4) is 0 Å². The zero-order valence-corrected chi connectivity index (χ0v) is 15.4. The van der Waals surface area contributed by atoms with E-state index in [-0.39, 0.29) is 24.0 Å². The zero-order chi connectivity index (χ0) is 14.9. The van der Waals surface area contributed by atoms with Gasteiger partial charge in [0, 0.05) is 32.4 Å². The van der Waals surface area contributed by atoms with Crippen LogP contribution in [-0.2, 0) is 6.54 Å². The lowest BCUT2D eigenvalue weighted by atomic mass is 10.3. The molecule has 0 bridgehead atoms. The molecule has 0 radical (unpaired) electrons. The van der Waals surface area contributed by atoms with Crippen LogP contribution in [0, 0.1) is 0 Å². The van der Waals surface area contributed by atoms with Crippen molar-refractivity contribution < 1.29 is 4.74 Å². The van der Waals surface area contributed by atoms with Gasteiger partial charge in [0.25, 0.3) is 0 Å². The molecule has 0 unspecified atom stereocenters. The Balaban J connectivity index is 0.00000242. The molecule has 5 nitrogen and oxygen atoms in total. The monoisotopic (exact) mass is 416 g/mol. The molecule has 0 amide bonds. The molecule has 122 valence electrons. The van der Waals surface area contributed by atoms with E-state index in [0.717, 1.165) is 30.2 Å². The van der Waals surface area contributed by atoms with Crippen molar-refractivity contribution in [2.75, 3.05) is 13.6 Å². The van der Waals surface area contributed by atoms with E-state index in [4.69, 9.17) is 4.74 Å². The van der Waals surface area contributed by atoms with E-state index in [1.165, 1.54) is 12.8 Å². The Morgan fingerprint density at radius 2 is 2.18 bits per heavy atom. The van der Waals surface area contributed by atoms with Gasteiger partial charge in [0.05, 0.1) is 0 Å². The summed E-state index contributed by atoms with van der Waals surface area (Å²) in [6, 6.07) is 3.97. The van der Waals surface area contributed by atoms with E-state index < -0.39 is 0 Å². The van der Waals surface area contributed by atoms with Crippen molar-refractivity contribution in [1.82, 2.24) is 15.6 Å². The van der Waals surface area contributed by atoms with Crippen LogP contribution < -0.4 is 15.4 Å². The van der Waals surface area contributed by atoms with Crippen LogP contribution in [0.1, 0.15) is 31.2 Å². The Morgan fingerprint density at radius 3 is 2.77 bits per heavy atom. The van der Waals surface area contributed by atoms with E-state index in [0.29, 0.717) is 19.2 Å². The fraction of sp³-hybridized carbons (Fsp3) is 0.500. The third-order valence-electron chi connectivity index (χ3n) is 3.48. The number of rotatable bonds is 6. The highest BCUT2D eigenvalue weighted by atomic mass is 127. The third kappa shape index (κ3) is 6.21. The molecular formula is C16H25IN4O. The van der Waals surface area contributed by atoms with Crippen molar-refractivity contribution >= 4 is 29.9 Å². The molecule has 2 rings (SSSR count). The topological polar surface area (TPSA) is 58.5 Å². The molecule has 2 N–H and O–H groups in total. The average Bonchev–Trinajstić information content (AvgIpc) is 3.02. The van der Waals surface area contributed by atoms with E-state index in [1.54, 1.807) is 13.1 Å². The van der Waals surface area contributed by atoms with Gasteiger partial charge in [-0.3, -0.25) is 4.99 Å². The van der Waals surface area contributed by atoms with Crippen molar-refractivity contribution in [1.29, 1.82) is 0 Å². The molecule has 1 heterocycles. The summed E-state index contributed by atoms with van der Waals surface area (Å²) < 4.78 is 5.85. The predicted octanol–water partition coefficient (Wildman–Crippen LogP) is 2.87. The summed E-state index contributed by atoms with van der Waals surface area (Å²) in [5.41, 5.74) is 1.09. The second kappa shape index (κ2) is 10.4. The molecular weight excluding hydrogens is 391 g/mol. The second-order valence-electron chi connectivity index (χ2n) is 5.12. The van der Waals surface area contributed by atoms with E-state index in [9.17, 15) is 0 Å². The molecule has 1 saturated carbocycles. The summed E-state index contributed by atoms with van der Waals surface area (Å²) in [5.74, 6) is 1.47. The quantitative estimate of drug-likeness (QED) is 0.324. The molecule has 1 aromatic heterocycles. The summed E-state index contributed by atoms with van der Waals surface area (Å²) in [7, 11) is 1.75. The number of guanidine groups is 1. The molecule has 0 aromatic carbocycles. The van der Waals surface area contributed by atoms with Crippen LogP contribution in [0.25, 0.3) is 0 Å². The largest absolute Gasteiger partial charge is 0.474 e. The van der Waals surface area contributed by atoms with Gasteiger partial charge < -0.3 is 15.4 Å². The Bertz CT molecular complexity index is 470. The van der Waals surface area contributed by atoms with Crippen molar-refractivity contribution in [3.8, 4) is 5.88 Å². The van der Waals surface area contributed by atoms with Gasteiger partial charge in [0.2, 0.25) is 5.88 Å². The Hall–Kier alpha value is -1.31. The van der Waals surface area contributed by atoms with E-state index >= 15 is 0 Å². The first-order chi connectivity index (χ1) is 10.3. The van der Waals surface area contributed by atoms with Crippen LogP contribution in [0.15, 0.2) is 36.0 Å². The van der Waals surface area contributed by atoms with Gasteiger partial charge in [-0.25, -0.2) is 4.98 Å². The molecule has 0 saturated heterocycles. The lowest BCUT2D eigenvalue weighted by Gasteiger charge is -2.13. The van der Waals surface area contributed by atoms with Gasteiger partial charge in [-0.2, -0.15) is 0 Å². The van der Waals surface area contributed by atoms with Crippen LogP contribution in [0.5, 0.6) is 5.88 Å². The lowest BCUT2D eigenvalue weighted by Crippen LogP contribution is -2.36. The smallest absolute Gasteiger partial charge is 0.213 e. The highest BCUT2D eigenvalue weighted by Gasteiger charge is 2.16. The number of hydrogen-bond donors (Lipinski definition) is 2. The van der Waals surface area contributed by atoms with Crippen molar-refractivity contribution in [2.45, 2.75) is 38.3 Å². The highest BCUT2D eigenvalue weighted by molar-refractivity contribution is 14.0. The number of nitrogens with one attached hydrogen (secondary N) is 2. The predicted molar refractivity (Wildman–Crippen MR) is 101 cm³/mol. The number of aliphatic imine (C=N–C) groups is 1. The highest BCUT2D eigenvalue weighted by Crippen LogP contribution is 2.22. The molecule has 1 aliphatic rings. The first-order valence-corrected chi connectivity index (χ1v) is 7.49. The molecule has 0 atom stereocenters. The van der Waals surface area contributed by atoms with Gasteiger partial charge >= 0.3 is 0 Å². The summed E-state index contributed by atoms with van der Waals surface area (Å²) in [4.78, 5) is 8.50. The number of nitrogens with zero attached hydrogens (tertiary/aromatic N) is 2. The average molecular weight is 416 g/mol. The number of ether oxygens (including phenoxy) is 1. The number of hydrogen-bond acceptors (Lipinski definition) is 3. The zero-order valence-electron chi connectivity index (χ0n) is 13.0. The normalized spacial score (nSPS) is 15.0. The van der Waals surface area contributed by atoms with Gasteiger partial charge in [-0.15, -0.1) is 30.6 Å². The van der Waals surface area contributed by atoms with Crippen LogP contribution >= 0.6 is 24.0 Å². The number of aromatic nitrogens is 1. The van der Waals surface area contributed by atoms with Crippen molar-refractivity contribution in [3.63, 3.8) is 0 Å². The van der Waals surface area contributed by atoms with Crippen molar-refractivity contribution in [2.24, 2.45) is 4.99 Å². The van der Waals surface area contributed by atoms with Crippen LogP contribution in [0.2, 0.25) is 0 Å². The Kier molecular flexibility index (Phi) is 8.88. The summed E-state index contributed by atoms with van der Waals surface area (Å²) in [6.07, 6.45) is 8.82. The van der Waals surface area contributed by atoms with Gasteiger partial charge in [0.15, 0.2) is 5.96 Å². The number of halogens is 1. The molecule has 6 heteroatoms. The standard InChI is InChI=1S/C16H24N4O.HI/c1-3-10-18-16(17-2)20-12-13-8-9-15(19-11-13)21-14-6-4-5-7-14;/h3,8-9,11,14H,1,4-7,10,12H2,2H3,(H2,17,18,20);1H. The van der Waals surface area contributed by atoms with Gasteiger partial charge in [0.1, 0.15) is 6.10 Å².